The Kier molecular flexibility index (Phi) is 3.06. The lowest BCUT2D eigenvalue weighted by atomic mass is 10.5. The van der Waals surface area contributed by atoms with Gasteiger partial charge in [-0.1, -0.05) is 6.07 Å². The number of hydrogen-bond acceptors (Lipinski definition) is 3. The number of fused-ring (bicyclic) bond motifs is 1. The molecule has 2 aromatic heterocycles. The Bertz CT molecular complexity index is 410. The molecular formula is C10H13N3S. The Hall–Kier alpha value is -1.00. The van der Waals surface area contributed by atoms with Crippen LogP contribution in [0.2, 0.25) is 0 Å². The lowest BCUT2D eigenvalue weighted by molar-refractivity contribution is 0.869. The maximum absolute atomic E-state index is 4.24. The first-order valence-electron chi connectivity index (χ1n) is 4.61. The molecule has 0 radical (unpaired) electrons. The van der Waals surface area contributed by atoms with Crippen molar-refractivity contribution in [3.8, 4) is 0 Å². The lowest BCUT2D eigenvalue weighted by Gasteiger charge is -2.04. The number of nitrogens with zero attached hydrogens (tertiary/aromatic N) is 2. The van der Waals surface area contributed by atoms with Gasteiger partial charge in [-0.25, -0.2) is 4.98 Å². The maximum Gasteiger partial charge on any atom is 0.137 e. The fourth-order valence-corrected chi connectivity index (χ4v) is 2.28. The van der Waals surface area contributed by atoms with Crippen molar-refractivity contribution in [1.29, 1.82) is 0 Å². The highest BCUT2D eigenvalue weighted by molar-refractivity contribution is 7.99. The van der Waals surface area contributed by atoms with Crippen LogP contribution in [-0.2, 0) is 0 Å². The van der Waals surface area contributed by atoms with Crippen LogP contribution in [0.1, 0.15) is 0 Å². The summed E-state index contributed by atoms with van der Waals surface area (Å²) in [7, 11) is 1.97. The third-order valence-electron chi connectivity index (χ3n) is 1.99. The molecule has 74 valence electrons. The minimum Gasteiger partial charge on any atom is -0.319 e. The number of aromatic nitrogens is 2. The molecule has 14 heavy (non-hydrogen) atoms. The van der Waals surface area contributed by atoms with Gasteiger partial charge in [-0.05, 0) is 19.2 Å². The average Bonchev–Trinajstić information content (AvgIpc) is 2.67. The topological polar surface area (TPSA) is 29.3 Å². The van der Waals surface area contributed by atoms with Crippen LogP contribution in [0.5, 0.6) is 0 Å². The minimum atomic E-state index is 1.01. The molecule has 0 atom stereocenters. The molecule has 0 fully saturated rings. The van der Waals surface area contributed by atoms with Crippen molar-refractivity contribution >= 4 is 17.4 Å². The number of imidazole rings is 1. The van der Waals surface area contributed by atoms with Crippen LogP contribution in [0.4, 0.5) is 0 Å². The average molecular weight is 207 g/mol. The summed E-state index contributed by atoms with van der Waals surface area (Å²) in [5.74, 6) is 1.08. The van der Waals surface area contributed by atoms with Crippen LogP contribution in [0.25, 0.3) is 5.65 Å². The van der Waals surface area contributed by atoms with Gasteiger partial charge in [-0.15, -0.1) is 11.8 Å². The second-order valence-electron chi connectivity index (χ2n) is 2.97. The fraction of sp³-hybridized carbons (Fsp3) is 0.300. The molecule has 0 aliphatic heterocycles. The molecule has 0 aromatic carbocycles. The Morgan fingerprint density at radius 3 is 3.29 bits per heavy atom. The third kappa shape index (κ3) is 1.91. The van der Waals surface area contributed by atoms with E-state index in [-0.39, 0.29) is 0 Å². The van der Waals surface area contributed by atoms with Crippen molar-refractivity contribution in [2.24, 2.45) is 0 Å². The largest absolute Gasteiger partial charge is 0.319 e. The number of rotatable bonds is 4. The van der Waals surface area contributed by atoms with Gasteiger partial charge in [0.2, 0.25) is 0 Å². The van der Waals surface area contributed by atoms with E-state index in [2.05, 4.69) is 20.8 Å². The Morgan fingerprint density at radius 1 is 1.50 bits per heavy atom. The minimum absolute atomic E-state index is 1.01. The summed E-state index contributed by atoms with van der Waals surface area (Å²) < 4.78 is 2.11. The van der Waals surface area contributed by atoms with Gasteiger partial charge in [0, 0.05) is 24.7 Å². The molecule has 0 unspecified atom stereocenters. The van der Waals surface area contributed by atoms with Gasteiger partial charge in [0.05, 0.1) is 5.03 Å². The van der Waals surface area contributed by atoms with E-state index in [1.54, 1.807) is 0 Å². The molecule has 1 N–H and O–H groups in total. The SMILES string of the molecule is CNCCSc1cccc2nccn12. The highest BCUT2D eigenvalue weighted by Crippen LogP contribution is 2.18. The molecule has 0 saturated heterocycles. The summed E-state index contributed by atoms with van der Waals surface area (Å²) in [6.45, 7) is 1.02. The summed E-state index contributed by atoms with van der Waals surface area (Å²) in [6, 6.07) is 6.18. The molecule has 2 heterocycles. The van der Waals surface area contributed by atoms with Gasteiger partial charge >= 0.3 is 0 Å². The number of nitrogens with one attached hydrogen (secondary N) is 1. The second kappa shape index (κ2) is 4.48. The van der Waals surface area contributed by atoms with E-state index >= 15 is 0 Å². The molecule has 0 saturated carbocycles. The van der Waals surface area contributed by atoms with Crippen molar-refractivity contribution < 1.29 is 0 Å². The normalized spacial score (nSPS) is 10.9. The van der Waals surface area contributed by atoms with Gasteiger partial charge in [-0.3, -0.25) is 4.40 Å². The van der Waals surface area contributed by atoms with Crippen molar-refractivity contribution in [3.63, 3.8) is 0 Å². The van der Waals surface area contributed by atoms with Crippen molar-refractivity contribution in [1.82, 2.24) is 14.7 Å². The van der Waals surface area contributed by atoms with Crippen molar-refractivity contribution in [2.75, 3.05) is 19.3 Å². The number of pyridine rings is 1. The lowest BCUT2D eigenvalue weighted by Crippen LogP contribution is -2.09. The molecular weight excluding hydrogens is 194 g/mol. The first-order chi connectivity index (χ1) is 6.92. The summed E-state index contributed by atoms with van der Waals surface area (Å²) >= 11 is 1.84. The maximum atomic E-state index is 4.24. The molecule has 0 amide bonds. The van der Waals surface area contributed by atoms with Crippen molar-refractivity contribution in [2.45, 2.75) is 5.03 Å². The summed E-state index contributed by atoms with van der Waals surface area (Å²) in [5, 5.41) is 4.38. The first-order valence-corrected chi connectivity index (χ1v) is 5.60. The van der Waals surface area contributed by atoms with Gasteiger partial charge in [-0.2, -0.15) is 0 Å². The fourth-order valence-electron chi connectivity index (χ4n) is 1.30. The zero-order chi connectivity index (χ0) is 9.80. The quantitative estimate of drug-likeness (QED) is 0.610. The van der Waals surface area contributed by atoms with Crippen LogP contribution in [0.15, 0.2) is 35.6 Å². The number of thioether (sulfide) groups is 1. The van der Waals surface area contributed by atoms with E-state index < -0.39 is 0 Å². The Labute approximate surface area is 87.5 Å². The highest BCUT2D eigenvalue weighted by atomic mass is 32.2. The zero-order valence-electron chi connectivity index (χ0n) is 8.10. The summed E-state index contributed by atoms with van der Waals surface area (Å²) in [6.07, 6.45) is 3.83. The molecule has 4 heteroatoms. The Morgan fingerprint density at radius 2 is 2.43 bits per heavy atom. The smallest absolute Gasteiger partial charge is 0.137 e. The Balaban J connectivity index is 2.19. The molecule has 0 aliphatic carbocycles. The first kappa shape index (κ1) is 9.55. The van der Waals surface area contributed by atoms with Gasteiger partial charge < -0.3 is 5.32 Å². The second-order valence-corrected chi connectivity index (χ2v) is 4.09. The molecule has 3 nitrogen and oxygen atoms in total. The van der Waals surface area contributed by atoms with Crippen molar-refractivity contribution in [3.05, 3.63) is 30.6 Å². The molecule has 0 spiro atoms. The third-order valence-corrected chi connectivity index (χ3v) is 3.03. The monoisotopic (exact) mass is 207 g/mol. The van der Waals surface area contributed by atoms with Crippen LogP contribution in [0, 0.1) is 0 Å². The summed E-state index contributed by atoms with van der Waals surface area (Å²) in [5.41, 5.74) is 1.01. The van der Waals surface area contributed by atoms with E-state index in [0.717, 1.165) is 17.9 Å². The standard InChI is InChI=1S/C10H13N3S/c1-11-6-8-14-10-4-2-3-9-12-5-7-13(9)10/h2-5,7,11H,6,8H2,1H3. The predicted molar refractivity (Wildman–Crippen MR) is 59.8 cm³/mol. The van der Waals surface area contributed by atoms with E-state index in [1.165, 1.54) is 5.03 Å². The molecule has 0 aliphatic rings. The van der Waals surface area contributed by atoms with Gasteiger partial charge in [0.25, 0.3) is 0 Å². The van der Waals surface area contributed by atoms with E-state index in [4.69, 9.17) is 0 Å². The van der Waals surface area contributed by atoms with Gasteiger partial charge in [0.1, 0.15) is 5.65 Å². The van der Waals surface area contributed by atoms with E-state index in [0.29, 0.717) is 0 Å². The molecule has 2 rings (SSSR count). The predicted octanol–water partition coefficient (Wildman–Crippen LogP) is 1.65. The van der Waals surface area contributed by atoms with Crippen LogP contribution in [-0.4, -0.2) is 28.7 Å². The van der Waals surface area contributed by atoms with Crippen LogP contribution < -0.4 is 5.32 Å². The molecule has 2 aromatic rings. The van der Waals surface area contributed by atoms with Crippen LogP contribution in [0.3, 0.4) is 0 Å². The van der Waals surface area contributed by atoms with Crippen LogP contribution >= 0.6 is 11.8 Å². The summed E-state index contributed by atoms with van der Waals surface area (Å²) in [4.78, 5) is 4.24. The van der Waals surface area contributed by atoms with E-state index in [1.807, 2.05) is 43.3 Å². The highest BCUT2D eigenvalue weighted by Gasteiger charge is 1.99. The molecule has 0 bridgehead atoms. The zero-order valence-corrected chi connectivity index (χ0v) is 8.92. The number of hydrogen-bond donors (Lipinski definition) is 1. The van der Waals surface area contributed by atoms with E-state index in [9.17, 15) is 0 Å². The van der Waals surface area contributed by atoms with Gasteiger partial charge in [0.15, 0.2) is 0 Å².